The van der Waals surface area contributed by atoms with E-state index in [-0.39, 0.29) is 5.60 Å². The first kappa shape index (κ1) is 16.1. The van der Waals surface area contributed by atoms with Crippen LogP contribution in [-0.4, -0.2) is 16.0 Å². The van der Waals surface area contributed by atoms with Crippen LogP contribution in [0.5, 0.6) is 5.75 Å². The number of nitrogens with zero attached hydrogens (tertiary/aromatic N) is 3. The van der Waals surface area contributed by atoms with Gasteiger partial charge in [-0.2, -0.15) is 5.10 Å². The van der Waals surface area contributed by atoms with Crippen LogP contribution in [0.25, 0.3) is 11.4 Å². The summed E-state index contributed by atoms with van der Waals surface area (Å²) in [6, 6.07) is 12.4. The fraction of sp³-hybridized carbons (Fsp3) is 0.286. The molecule has 6 nitrogen and oxygen atoms in total. The van der Waals surface area contributed by atoms with Crippen molar-refractivity contribution >= 4 is 5.90 Å². The molecule has 0 amide bonds. The molecule has 2 aromatic heterocycles. The third-order valence-corrected chi connectivity index (χ3v) is 5.41. The molecular formula is C21H21N4O2+. The Morgan fingerprint density at radius 3 is 2.93 bits per heavy atom. The van der Waals surface area contributed by atoms with Crippen LogP contribution in [-0.2, 0) is 23.9 Å². The van der Waals surface area contributed by atoms with Gasteiger partial charge in [0.25, 0.3) is 5.69 Å². The van der Waals surface area contributed by atoms with E-state index in [0.29, 0.717) is 18.1 Å². The average Bonchev–Trinajstić information content (AvgIpc) is 3.36. The summed E-state index contributed by atoms with van der Waals surface area (Å²) >= 11 is 0. The monoisotopic (exact) mass is 361 g/mol. The molecule has 136 valence electrons. The number of hydrogen-bond donors (Lipinski definition) is 1. The summed E-state index contributed by atoms with van der Waals surface area (Å²) in [5.74, 6) is 1.27. The minimum absolute atomic E-state index is 0.370. The van der Waals surface area contributed by atoms with Crippen LogP contribution >= 0.6 is 0 Å². The number of aryl methyl sites for hydroxylation is 3. The molecule has 0 bridgehead atoms. The molecule has 2 aliphatic rings. The van der Waals surface area contributed by atoms with Crippen molar-refractivity contribution in [2.75, 3.05) is 0 Å². The first-order valence-corrected chi connectivity index (χ1v) is 9.16. The Balaban J connectivity index is 1.32. The normalized spacial score (nSPS) is 20.4. The number of aromatic nitrogens is 3. The highest BCUT2D eigenvalue weighted by Crippen LogP contribution is 2.46. The minimum Gasteiger partial charge on any atom is -0.438 e. The number of pyridine rings is 1. The molecule has 1 atom stereocenters. The maximum atomic E-state index is 5.95. The zero-order valence-electron chi connectivity index (χ0n) is 15.4. The van der Waals surface area contributed by atoms with E-state index in [4.69, 9.17) is 9.57 Å². The average molecular weight is 361 g/mol. The Hall–Kier alpha value is -3.15. The fourth-order valence-corrected chi connectivity index (χ4v) is 4.02. The van der Waals surface area contributed by atoms with Crippen LogP contribution in [0, 0.1) is 6.92 Å². The molecule has 5 rings (SSSR count). The van der Waals surface area contributed by atoms with Gasteiger partial charge in [0, 0.05) is 11.6 Å². The molecule has 0 saturated carbocycles. The Bertz CT molecular complexity index is 1040. The Morgan fingerprint density at radius 1 is 1.22 bits per heavy atom. The van der Waals surface area contributed by atoms with Crippen molar-refractivity contribution in [2.24, 2.45) is 12.2 Å². The smallest absolute Gasteiger partial charge is 0.256 e. The van der Waals surface area contributed by atoms with Gasteiger partial charge in [0.1, 0.15) is 11.4 Å². The van der Waals surface area contributed by atoms with Crippen molar-refractivity contribution in [2.45, 2.75) is 31.8 Å². The molecule has 0 unspecified atom stereocenters. The Labute approximate surface area is 157 Å². The first-order chi connectivity index (χ1) is 13.1. The number of hydrogen-bond acceptors (Lipinski definition) is 4. The third-order valence-electron chi connectivity index (χ3n) is 5.41. The molecule has 1 spiro atoms. The van der Waals surface area contributed by atoms with E-state index in [1.165, 1.54) is 16.7 Å². The van der Waals surface area contributed by atoms with Crippen LogP contribution < -0.4 is 9.42 Å². The summed E-state index contributed by atoms with van der Waals surface area (Å²) in [7, 11) is 1.95. The number of aromatic amines is 1. The topological polar surface area (TPSA) is 63.4 Å². The van der Waals surface area contributed by atoms with Gasteiger partial charge < -0.3 is 9.57 Å². The van der Waals surface area contributed by atoms with Crippen molar-refractivity contribution < 1.29 is 14.3 Å². The van der Waals surface area contributed by atoms with Gasteiger partial charge in [-0.15, -0.1) is 4.68 Å². The van der Waals surface area contributed by atoms with Crippen LogP contribution in [0.3, 0.4) is 0 Å². The molecule has 1 N–H and O–H groups in total. The number of ether oxygens (including phenoxy) is 1. The first-order valence-electron chi connectivity index (χ1n) is 9.16. The zero-order valence-corrected chi connectivity index (χ0v) is 15.4. The van der Waals surface area contributed by atoms with Gasteiger partial charge in [-0.05, 0) is 37.5 Å². The molecule has 1 aromatic carbocycles. The highest BCUT2D eigenvalue weighted by Gasteiger charge is 2.46. The second kappa shape index (κ2) is 5.94. The van der Waals surface area contributed by atoms with Crippen LogP contribution in [0.2, 0.25) is 0 Å². The summed E-state index contributed by atoms with van der Waals surface area (Å²) in [6.07, 6.45) is 6.21. The van der Waals surface area contributed by atoms with Crippen LogP contribution in [0.15, 0.2) is 53.9 Å². The molecular weight excluding hydrogens is 340 g/mol. The predicted molar refractivity (Wildman–Crippen MR) is 100 cm³/mol. The van der Waals surface area contributed by atoms with Gasteiger partial charge in [0.05, 0.1) is 18.8 Å². The van der Waals surface area contributed by atoms with Crippen molar-refractivity contribution in [3.8, 4) is 17.1 Å². The lowest BCUT2D eigenvalue weighted by atomic mass is 9.92. The lowest BCUT2D eigenvalue weighted by Crippen LogP contribution is -2.31. The van der Waals surface area contributed by atoms with Crippen molar-refractivity contribution in [1.29, 1.82) is 0 Å². The molecule has 0 saturated heterocycles. The Kier molecular flexibility index (Phi) is 3.53. The lowest BCUT2D eigenvalue weighted by molar-refractivity contribution is -0.716. The molecule has 0 fully saturated rings. The van der Waals surface area contributed by atoms with Gasteiger partial charge in [0.2, 0.25) is 5.90 Å². The summed E-state index contributed by atoms with van der Waals surface area (Å²) in [4.78, 5) is 10.4. The molecule has 0 radical (unpaired) electrons. The number of benzene rings is 1. The Morgan fingerprint density at radius 2 is 2.15 bits per heavy atom. The van der Waals surface area contributed by atoms with E-state index in [1.807, 2.05) is 36.1 Å². The fourth-order valence-electron chi connectivity index (χ4n) is 4.02. The minimum atomic E-state index is -0.370. The summed E-state index contributed by atoms with van der Waals surface area (Å²) in [5, 5.41) is 7.32. The molecule has 3 heterocycles. The van der Waals surface area contributed by atoms with Crippen LogP contribution in [0.1, 0.15) is 29.5 Å². The standard InChI is InChI=1S/C21H20N4O2/c1-14-3-5-17-15(11-14)7-9-21(17)12-20(24-27-21)26-16-4-6-18(22-13-16)19-8-10-23-25(19)2/h3-6,8,10-11,13H,7,9,12H2,1-2H3/p+1/t21-/m1/s1. The second-order valence-corrected chi connectivity index (χ2v) is 7.30. The van der Waals surface area contributed by atoms with Gasteiger partial charge >= 0.3 is 0 Å². The largest absolute Gasteiger partial charge is 0.438 e. The SMILES string of the molecule is Cc1ccc2c(c1)CC[C@@]21CC(Oc2ccc(-c3cc[nH][n+]3C)nc2)=NO1. The van der Waals surface area contributed by atoms with Crippen LogP contribution in [0.4, 0.5) is 0 Å². The molecule has 3 aromatic rings. The van der Waals surface area contributed by atoms with E-state index >= 15 is 0 Å². The number of nitrogens with one attached hydrogen (secondary N) is 1. The van der Waals surface area contributed by atoms with Gasteiger partial charge in [-0.3, -0.25) is 0 Å². The number of fused-ring (bicyclic) bond motifs is 2. The molecule has 1 aliphatic heterocycles. The number of oxime groups is 1. The van der Waals surface area contributed by atoms with E-state index in [1.54, 1.807) is 6.20 Å². The van der Waals surface area contributed by atoms with E-state index in [9.17, 15) is 0 Å². The van der Waals surface area contributed by atoms with Gasteiger partial charge in [0.15, 0.2) is 12.6 Å². The van der Waals surface area contributed by atoms with E-state index in [2.05, 4.69) is 40.4 Å². The third kappa shape index (κ3) is 2.68. The highest BCUT2D eigenvalue weighted by atomic mass is 16.7. The van der Waals surface area contributed by atoms with Crippen molar-refractivity contribution in [3.05, 3.63) is 65.5 Å². The van der Waals surface area contributed by atoms with Gasteiger partial charge in [-0.25, -0.2) is 4.98 Å². The van der Waals surface area contributed by atoms with E-state index in [0.717, 1.165) is 24.2 Å². The highest BCUT2D eigenvalue weighted by molar-refractivity contribution is 5.81. The second-order valence-electron chi connectivity index (χ2n) is 7.30. The zero-order chi connectivity index (χ0) is 18.4. The maximum Gasteiger partial charge on any atom is 0.256 e. The quantitative estimate of drug-likeness (QED) is 0.713. The number of rotatable bonds is 2. The predicted octanol–water partition coefficient (Wildman–Crippen LogP) is 3.16. The van der Waals surface area contributed by atoms with Crippen molar-refractivity contribution in [3.63, 3.8) is 0 Å². The van der Waals surface area contributed by atoms with Gasteiger partial charge in [-0.1, -0.05) is 28.9 Å². The summed E-state index contributed by atoms with van der Waals surface area (Å²) < 4.78 is 7.87. The molecule has 1 aliphatic carbocycles. The van der Waals surface area contributed by atoms with E-state index < -0.39 is 0 Å². The number of H-pyrrole nitrogens is 1. The molecule has 6 heteroatoms. The summed E-state index contributed by atoms with van der Waals surface area (Å²) in [6.45, 7) is 2.12. The maximum absolute atomic E-state index is 5.95. The summed E-state index contributed by atoms with van der Waals surface area (Å²) in [5.41, 5.74) is 5.40. The van der Waals surface area contributed by atoms with Crippen molar-refractivity contribution in [1.82, 2.24) is 10.1 Å². The lowest BCUT2D eigenvalue weighted by Gasteiger charge is -2.21. The molecule has 27 heavy (non-hydrogen) atoms.